The summed E-state index contributed by atoms with van der Waals surface area (Å²) in [5.74, 6) is -0.268. The lowest BCUT2D eigenvalue weighted by Gasteiger charge is -2.04. The Kier molecular flexibility index (Phi) is 4.05. The number of aromatic nitrogens is 2. The van der Waals surface area contributed by atoms with Crippen molar-refractivity contribution < 1.29 is 4.79 Å². The molecule has 0 radical (unpaired) electrons. The topological polar surface area (TPSA) is 68.9 Å². The highest BCUT2D eigenvalue weighted by Gasteiger charge is 2.17. The Balaban J connectivity index is 3.03. The smallest absolute Gasteiger partial charge is 0.222 e. The lowest BCUT2D eigenvalue weighted by molar-refractivity contribution is 0.0983. The number of nitrogens with zero attached hydrogens (tertiary/aromatic N) is 2. The second kappa shape index (κ2) is 5.09. The number of ketones is 1. The molecule has 0 aliphatic carbocycles. The maximum Gasteiger partial charge on any atom is 0.222 e. The van der Waals surface area contributed by atoms with Crippen molar-refractivity contribution in [2.75, 3.05) is 5.73 Å². The van der Waals surface area contributed by atoms with E-state index in [1.54, 1.807) is 6.08 Å². The number of anilines is 1. The first-order valence-corrected chi connectivity index (χ1v) is 4.94. The highest BCUT2D eigenvalue weighted by molar-refractivity contribution is 6.38. The van der Waals surface area contributed by atoms with E-state index in [-0.39, 0.29) is 34.0 Å². The van der Waals surface area contributed by atoms with E-state index >= 15 is 0 Å². The van der Waals surface area contributed by atoms with Crippen molar-refractivity contribution in [3.8, 4) is 0 Å². The summed E-state index contributed by atoms with van der Waals surface area (Å²) in [5, 5.41) is -0.0249. The van der Waals surface area contributed by atoms with Gasteiger partial charge in [0, 0.05) is 6.42 Å². The Morgan fingerprint density at radius 2 is 1.93 bits per heavy atom. The maximum absolute atomic E-state index is 11.6. The van der Waals surface area contributed by atoms with Gasteiger partial charge in [-0.1, -0.05) is 29.3 Å². The normalized spacial score (nSPS) is 10.0. The highest BCUT2D eigenvalue weighted by Crippen LogP contribution is 2.23. The Hall–Kier alpha value is -1.13. The Morgan fingerprint density at radius 3 is 2.40 bits per heavy atom. The average Bonchev–Trinajstić information content (AvgIpc) is 2.12. The van der Waals surface area contributed by atoms with Gasteiger partial charge in [-0.05, 0) is 6.42 Å². The summed E-state index contributed by atoms with van der Waals surface area (Å²) in [4.78, 5) is 18.9. The van der Waals surface area contributed by atoms with Crippen LogP contribution >= 0.6 is 23.2 Å². The van der Waals surface area contributed by atoms with Crippen LogP contribution in [0.5, 0.6) is 0 Å². The molecule has 0 bridgehead atoms. The van der Waals surface area contributed by atoms with Crippen LogP contribution in [0.2, 0.25) is 10.3 Å². The molecule has 0 aliphatic heterocycles. The molecular formula is C9H9Cl2N3O. The summed E-state index contributed by atoms with van der Waals surface area (Å²) in [7, 11) is 0. The van der Waals surface area contributed by atoms with E-state index in [4.69, 9.17) is 28.9 Å². The van der Waals surface area contributed by atoms with Crippen molar-refractivity contribution >= 4 is 34.9 Å². The fraction of sp³-hybridized carbons (Fsp3) is 0.222. The summed E-state index contributed by atoms with van der Waals surface area (Å²) < 4.78 is 0. The average molecular weight is 246 g/mol. The molecule has 0 saturated carbocycles. The van der Waals surface area contributed by atoms with Crippen molar-refractivity contribution in [2.45, 2.75) is 12.8 Å². The summed E-state index contributed by atoms with van der Waals surface area (Å²) in [5.41, 5.74) is 5.43. The van der Waals surface area contributed by atoms with E-state index < -0.39 is 0 Å². The number of nitrogen functional groups attached to an aromatic ring is 1. The minimum Gasteiger partial charge on any atom is -0.368 e. The molecule has 0 aliphatic rings. The zero-order chi connectivity index (χ0) is 11.4. The van der Waals surface area contributed by atoms with Crippen LogP contribution in [-0.4, -0.2) is 15.8 Å². The lowest BCUT2D eigenvalue weighted by atomic mass is 10.1. The van der Waals surface area contributed by atoms with Crippen molar-refractivity contribution in [3.63, 3.8) is 0 Å². The van der Waals surface area contributed by atoms with Crippen LogP contribution < -0.4 is 5.73 Å². The first-order valence-electron chi connectivity index (χ1n) is 4.19. The molecule has 6 heteroatoms. The first-order chi connectivity index (χ1) is 7.06. The van der Waals surface area contributed by atoms with Gasteiger partial charge in [-0.2, -0.15) is 0 Å². The molecule has 1 rings (SSSR count). The molecule has 0 fully saturated rings. The van der Waals surface area contributed by atoms with Crippen molar-refractivity contribution in [1.29, 1.82) is 0 Å². The van der Waals surface area contributed by atoms with Crippen LogP contribution in [-0.2, 0) is 0 Å². The second-order valence-electron chi connectivity index (χ2n) is 2.79. The number of hydrogen-bond acceptors (Lipinski definition) is 4. The fourth-order valence-corrected chi connectivity index (χ4v) is 1.62. The van der Waals surface area contributed by atoms with E-state index in [0.29, 0.717) is 6.42 Å². The zero-order valence-corrected chi connectivity index (χ0v) is 9.35. The predicted molar refractivity (Wildman–Crippen MR) is 60.2 cm³/mol. The molecule has 80 valence electrons. The van der Waals surface area contributed by atoms with E-state index in [2.05, 4.69) is 16.5 Å². The monoisotopic (exact) mass is 245 g/mol. The Morgan fingerprint density at radius 1 is 1.40 bits per heavy atom. The highest BCUT2D eigenvalue weighted by atomic mass is 35.5. The maximum atomic E-state index is 11.6. The quantitative estimate of drug-likeness (QED) is 0.503. The second-order valence-corrected chi connectivity index (χ2v) is 3.50. The first kappa shape index (κ1) is 11.9. The summed E-state index contributed by atoms with van der Waals surface area (Å²) >= 11 is 11.5. The third-order valence-electron chi connectivity index (χ3n) is 1.69. The summed E-state index contributed by atoms with van der Waals surface area (Å²) in [6.07, 6.45) is 2.46. The molecule has 4 nitrogen and oxygen atoms in total. The SMILES string of the molecule is C=CCCC(=O)c1c(Cl)nc(N)nc1Cl. The molecule has 0 saturated heterocycles. The number of halogens is 2. The summed E-state index contributed by atoms with van der Waals surface area (Å²) in [6, 6.07) is 0. The van der Waals surface area contributed by atoms with Gasteiger partial charge in [0.2, 0.25) is 5.95 Å². The third kappa shape index (κ3) is 2.91. The van der Waals surface area contributed by atoms with Gasteiger partial charge in [0.05, 0.1) is 5.56 Å². The summed E-state index contributed by atoms with van der Waals surface area (Å²) in [6.45, 7) is 3.52. The molecule has 0 aromatic carbocycles. The van der Waals surface area contributed by atoms with Gasteiger partial charge in [0.1, 0.15) is 10.3 Å². The lowest BCUT2D eigenvalue weighted by Crippen LogP contribution is -2.06. The Bertz CT molecular complexity index is 383. The van der Waals surface area contributed by atoms with Gasteiger partial charge in [-0.3, -0.25) is 4.79 Å². The standard InChI is InChI=1S/C9H9Cl2N3O/c1-2-3-4-5(15)6-7(10)13-9(12)14-8(6)11/h2H,1,3-4H2,(H2,12,13,14). The van der Waals surface area contributed by atoms with Crippen LogP contribution in [0.15, 0.2) is 12.7 Å². The van der Waals surface area contributed by atoms with Crippen molar-refractivity contribution in [3.05, 3.63) is 28.5 Å². The molecule has 1 heterocycles. The molecule has 1 aromatic heterocycles. The minimum atomic E-state index is -0.218. The number of carbonyl (C=O) groups excluding carboxylic acids is 1. The van der Waals surface area contributed by atoms with Crippen LogP contribution in [0.25, 0.3) is 0 Å². The van der Waals surface area contributed by atoms with E-state index in [9.17, 15) is 4.79 Å². The molecule has 0 amide bonds. The molecular weight excluding hydrogens is 237 g/mol. The molecule has 15 heavy (non-hydrogen) atoms. The van der Waals surface area contributed by atoms with Gasteiger partial charge in [0.15, 0.2) is 5.78 Å². The van der Waals surface area contributed by atoms with Gasteiger partial charge < -0.3 is 5.73 Å². The zero-order valence-electron chi connectivity index (χ0n) is 7.83. The number of hydrogen-bond donors (Lipinski definition) is 1. The van der Waals surface area contributed by atoms with Gasteiger partial charge in [-0.25, -0.2) is 9.97 Å². The van der Waals surface area contributed by atoms with Gasteiger partial charge in [0.25, 0.3) is 0 Å². The predicted octanol–water partition coefficient (Wildman–Crippen LogP) is 2.51. The molecule has 0 spiro atoms. The van der Waals surface area contributed by atoms with E-state index in [1.165, 1.54) is 0 Å². The molecule has 0 atom stereocenters. The molecule has 1 aromatic rings. The Labute approximate surface area is 97.1 Å². The third-order valence-corrected chi connectivity index (χ3v) is 2.24. The minimum absolute atomic E-state index is 0.0124. The number of rotatable bonds is 4. The van der Waals surface area contributed by atoms with Crippen LogP contribution in [0.3, 0.4) is 0 Å². The number of nitrogens with two attached hydrogens (primary N) is 1. The molecule has 2 N–H and O–H groups in total. The van der Waals surface area contributed by atoms with Crippen LogP contribution in [0.4, 0.5) is 5.95 Å². The van der Waals surface area contributed by atoms with E-state index in [1.807, 2.05) is 0 Å². The van der Waals surface area contributed by atoms with Crippen molar-refractivity contribution in [2.24, 2.45) is 0 Å². The van der Waals surface area contributed by atoms with Gasteiger partial charge >= 0.3 is 0 Å². The van der Waals surface area contributed by atoms with Crippen LogP contribution in [0.1, 0.15) is 23.2 Å². The number of carbonyl (C=O) groups is 1. The van der Waals surface area contributed by atoms with Crippen molar-refractivity contribution in [1.82, 2.24) is 9.97 Å². The number of Topliss-reactive ketones (excluding diaryl/α,β-unsaturated/α-hetero) is 1. The van der Waals surface area contributed by atoms with Gasteiger partial charge in [-0.15, -0.1) is 6.58 Å². The number of allylic oxidation sites excluding steroid dienone is 1. The van der Waals surface area contributed by atoms with E-state index in [0.717, 1.165) is 0 Å². The fourth-order valence-electron chi connectivity index (χ4n) is 1.01. The largest absolute Gasteiger partial charge is 0.368 e. The van der Waals surface area contributed by atoms with Crippen LogP contribution in [0, 0.1) is 0 Å². The molecule has 0 unspecified atom stereocenters.